The zero-order valence-corrected chi connectivity index (χ0v) is 11.1. The van der Waals surface area contributed by atoms with Crippen LogP contribution in [-0.4, -0.2) is 34.0 Å². The molecule has 4 nitrogen and oxygen atoms in total. The largest absolute Gasteiger partial charge is 0.394 e. The molecule has 1 heterocycles. The highest BCUT2D eigenvalue weighted by Crippen LogP contribution is 2.30. The second kappa shape index (κ2) is 6.36. The third-order valence-corrected chi connectivity index (χ3v) is 3.58. The Hall–Kier alpha value is -0.840. The van der Waals surface area contributed by atoms with Crippen molar-refractivity contribution in [2.45, 2.75) is 51.3 Å². The van der Waals surface area contributed by atoms with Gasteiger partial charge in [-0.25, -0.2) is 0 Å². The van der Waals surface area contributed by atoms with Crippen molar-refractivity contribution in [3.8, 4) is 0 Å². The third kappa shape index (κ3) is 3.13. The summed E-state index contributed by atoms with van der Waals surface area (Å²) >= 11 is 0. The molecular formula is C14H24N2O2. The highest BCUT2D eigenvalue weighted by Gasteiger charge is 2.21. The average molecular weight is 252 g/mol. The minimum atomic E-state index is -0.666. The lowest BCUT2D eigenvalue weighted by atomic mass is 9.91. The molecule has 102 valence electrons. The molecule has 0 aliphatic heterocycles. The molecule has 0 fully saturated rings. The SMILES string of the molecule is CCCNC1CCCc2cn(CC(O)CO)cc21. The van der Waals surface area contributed by atoms with Crippen molar-refractivity contribution >= 4 is 0 Å². The number of aryl methyl sites for hydroxylation is 1. The van der Waals surface area contributed by atoms with Gasteiger partial charge in [-0.2, -0.15) is 0 Å². The van der Waals surface area contributed by atoms with Crippen LogP contribution in [0.25, 0.3) is 0 Å². The zero-order valence-electron chi connectivity index (χ0n) is 11.1. The molecular weight excluding hydrogens is 228 g/mol. The number of aliphatic hydroxyl groups is 2. The van der Waals surface area contributed by atoms with E-state index in [1.807, 2.05) is 4.57 Å². The summed E-state index contributed by atoms with van der Waals surface area (Å²) in [5.74, 6) is 0. The van der Waals surface area contributed by atoms with Gasteiger partial charge in [0.15, 0.2) is 0 Å². The van der Waals surface area contributed by atoms with Gasteiger partial charge >= 0.3 is 0 Å². The predicted molar refractivity (Wildman–Crippen MR) is 71.5 cm³/mol. The van der Waals surface area contributed by atoms with Gasteiger partial charge in [0.05, 0.1) is 19.3 Å². The maximum absolute atomic E-state index is 9.49. The first-order chi connectivity index (χ1) is 8.74. The minimum Gasteiger partial charge on any atom is -0.394 e. The van der Waals surface area contributed by atoms with Crippen LogP contribution in [0.5, 0.6) is 0 Å². The van der Waals surface area contributed by atoms with Gasteiger partial charge < -0.3 is 20.1 Å². The van der Waals surface area contributed by atoms with Crippen molar-refractivity contribution in [1.29, 1.82) is 0 Å². The molecule has 18 heavy (non-hydrogen) atoms. The Morgan fingerprint density at radius 2 is 2.33 bits per heavy atom. The lowest BCUT2D eigenvalue weighted by Crippen LogP contribution is -2.25. The van der Waals surface area contributed by atoms with E-state index in [1.54, 1.807) is 0 Å². The second-order valence-corrected chi connectivity index (χ2v) is 5.17. The molecule has 0 saturated carbocycles. The van der Waals surface area contributed by atoms with E-state index in [4.69, 9.17) is 5.11 Å². The van der Waals surface area contributed by atoms with Gasteiger partial charge in [-0.05, 0) is 43.4 Å². The van der Waals surface area contributed by atoms with E-state index < -0.39 is 6.10 Å². The second-order valence-electron chi connectivity index (χ2n) is 5.17. The summed E-state index contributed by atoms with van der Waals surface area (Å²) in [6.07, 6.45) is 8.27. The summed E-state index contributed by atoms with van der Waals surface area (Å²) < 4.78 is 2.01. The molecule has 2 atom stereocenters. The summed E-state index contributed by atoms with van der Waals surface area (Å²) in [6, 6.07) is 0.459. The van der Waals surface area contributed by atoms with E-state index in [0.29, 0.717) is 12.6 Å². The van der Waals surface area contributed by atoms with Crippen LogP contribution in [0.1, 0.15) is 43.4 Å². The first-order valence-electron chi connectivity index (χ1n) is 6.95. The van der Waals surface area contributed by atoms with Crippen LogP contribution >= 0.6 is 0 Å². The monoisotopic (exact) mass is 252 g/mol. The van der Waals surface area contributed by atoms with E-state index in [0.717, 1.165) is 19.4 Å². The first kappa shape index (κ1) is 13.6. The van der Waals surface area contributed by atoms with E-state index in [2.05, 4.69) is 24.6 Å². The van der Waals surface area contributed by atoms with Crippen molar-refractivity contribution in [3.05, 3.63) is 23.5 Å². The van der Waals surface area contributed by atoms with Gasteiger partial charge in [0.1, 0.15) is 0 Å². The molecule has 3 N–H and O–H groups in total. The van der Waals surface area contributed by atoms with Crippen LogP contribution in [0.3, 0.4) is 0 Å². The number of aliphatic hydroxyl groups excluding tert-OH is 2. The Morgan fingerprint density at radius 1 is 1.50 bits per heavy atom. The van der Waals surface area contributed by atoms with Gasteiger partial charge in [-0.1, -0.05) is 6.92 Å². The van der Waals surface area contributed by atoms with E-state index >= 15 is 0 Å². The molecule has 1 aliphatic rings. The molecule has 0 radical (unpaired) electrons. The molecule has 2 unspecified atom stereocenters. The Kier molecular flexibility index (Phi) is 4.80. The van der Waals surface area contributed by atoms with Gasteiger partial charge in [0.2, 0.25) is 0 Å². The molecule has 0 spiro atoms. The molecule has 1 aromatic heterocycles. The Morgan fingerprint density at radius 3 is 3.06 bits per heavy atom. The number of fused-ring (bicyclic) bond motifs is 1. The third-order valence-electron chi connectivity index (χ3n) is 3.58. The van der Waals surface area contributed by atoms with Crippen molar-refractivity contribution in [3.63, 3.8) is 0 Å². The van der Waals surface area contributed by atoms with Gasteiger partial charge in [-0.15, -0.1) is 0 Å². The van der Waals surface area contributed by atoms with E-state index in [1.165, 1.54) is 24.0 Å². The lowest BCUT2D eigenvalue weighted by molar-refractivity contribution is 0.0812. The van der Waals surface area contributed by atoms with Crippen LogP contribution in [-0.2, 0) is 13.0 Å². The number of hydrogen-bond donors (Lipinski definition) is 3. The number of aromatic nitrogens is 1. The number of rotatable bonds is 6. The maximum Gasteiger partial charge on any atom is 0.0949 e. The average Bonchev–Trinajstić information content (AvgIpc) is 2.78. The fourth-order valence-corrected chi connectivity index (χ4v) is 2.69. The molecule has 4 heteroatoms. The number of nitrogens with one attached hydrogen (secondary N) is 1. The highest BCUT2D eigenvalue weighted by molar-refractivity contribution is 5.30. The quantitative estimate of drug-likeness (QED) is 0.713. The smallest absolute Gasteiger partial charge is 0.0949 e. The molecule has 0 amide bonds. The van der Waals surface area contributed by atoms with Crippen LogP contribution in [0.15, 0.2) is 12.4 Å². The first-order valence-corrected chi connectivity index (χ1v) is 6.95. The zero-order chi connectivity index (χ0) is 13.0. The van der Waals surface area contributed by atoms with Crippen LogP contribution in [0, 0.1) is 0 Å². The van der Waals surface area contributed by atoms with Gasteiger partial charge in [-0.3, -0.25) is 0 Å². The summed E-state index contributed by atoms with van der Waals surface area (Å²) in [7, 11) is 0. The van der Waals surface area contributed by atoms with Crippen molar-refractivity contribution < 1.29 is 10.2 Å². The maximum atomic E-state index is 9.49. The fraction of sp³-hybridized carbons (Fsp3) is 0.714. The Bertz CT molecular complexity index is 376. The van der Waals surface area contributed by atoms with Gasteiger partial charge in [0.25, 0.3) is 0 Å². The number of hydrogen-bond acceptors (Lipinski definition) is 3. The standard InChI is InChI=1S/C14H24N2O2/c1-2-6-15-14-5-3-4-11-7-16(9-13(11)14)8-12(18)10-17/h7,9,12,14-15,17-18H,2-6,8,10H2,1H3. The van der Waals surface area contributed by atoms with Crippen LogP contribution in [0.2, 0.25) is 0 Å². The van der Waals surface area contributed by atoms with E-state index in [9.17, 15) is 5.11 Å². The topological polar surface area (TPSA) is 57.4 Å². The van der Waals surface area contributed by atoms with Gasteiger partial charge in [0, 0.05) is 18.4 Å². The van der Waals surface area contributed by atoms with Crippen molar-refractivity contribution in [2.24, 2.45) is 0 Å². The highest BCUT2D eigenvalue weighted by atomic mass is 16.3. The molecule has 0 saturated heterocycles. The Balaban J connectivity index is 2.07. The lowest BCUT2D eigenvalue weighted by Gasteiger charge is -2.23. The number of nitrogens with zero attached hydrogens (tertiary/aromatic N) is 1. The Labute approximate surface area is 109 Å². The van der Waals surface area contributed by atoms with E-state index in [-0.39, 0.29) is 6.61 Å². The molecule has 2 rings (SSSR count). The summed E-state index contributed by atoms with van der Waals surface area (Å²) in [6.45, 7) is 3.53. The summed E-state index contributed by atoms with van der Waals surface area (Å²) in [5.41, 5.74) is 2.76. The summed E-state index contributed by atoms with van der Waals surface area (Å²) in [5, 5.41) is 22.0. The predicted octanol–water partition coefficient (Wildman–Crippen LogP) is 1.22. The minimum absolute atomic E-state index is 0.180. The molecule has 0 bridgehead atoms. The fourth-order valence-electron chi connectivity index (χ4n) is 2.69. The van der Waals surface area contributed by atoms with Crippen molar-refractivity contribution in [2.75, 3.05) is 13.2 Å². The normalized spacial score (nSPS) is 20.7. The summed E-state index contributed by atoms with van der Waals surface area (Å²) in [4.78, 5) is 0. The van der Waals surface area contributed by atoms with Crippen molar-refractivity contribution in [1.82, 2.24) is 9.88 Å². The van der Waals surface area contributed by atoms with Crippen LogP contribution < -0.4 is 5.32 Å². The molecule has 1 aromatic rings. The molecule has 1 aliphatic carbocycles. The van der Waals surface area contributed by atoms with Crippen LogP contribution in [0.4, 0.5) is 0 Å². The molecule has 0 aromatic carbocycles.